The van der Waals surface area contributed by atoms with Crippen molar-refractivity contribution < 1.29 is 18.8 Å². The fourth-order valence-corrected chi connectivity index (χ4v) is 2.70. The van der Waals surface area contributed by atoms with Crippen LogP contribution in [-0.4, -0.2) is 31.9 Å². The topological polar surface area (TPSA) is 82.9 Å². The number of carbonyl (C=O) groups is 3. The molecule has 1 aliphatic rings. The Balaban J connectivity index is 1.99. The molecule has 1 saturated heterocycles. The van der Waals surface area contributed by atoms with E-state index in [2.05, 4.69) is 21.2 Å². The summed E-state index contributed by atoms with van der Waals surface area (Å²) in [4.78, 5) is 39.6. The van der Waals surface area contributed by atoms with Gasteiger partial charge in [-0.1, -0.05) is 22.0 Å². The standard InChI is InChI=1S/C17H14BrN3O4/c1-20(2)14-7-6-12(25-14)9-13-15(22)19-17(24)21(16(13)23)11-5-3-4-10(18)8-11/h3-9H,1-2H3,(H,19,22,24). The van der Waals surface area contributed by atoms with Gasteiger partial charge in [0, 0.05) is 24.6 Å². The van der Waals surface area contributed by atoms with Gasteiger partial charge in [0.15, 0.2) is 5.88 Å². The van der Waals surface area contributed by atoms with Crippen LogP contribution in [0.2, 0.25) is 0 Å². The number of carbonyl (C=O) groups excluding carboxylic acids is 3. The molecule has 0 spiro atoms. The van der Waals surface area contributed by atoms with E-state index in [1.54, 1.807) is 41.3 Å². The van der Waals surface area contributed by atoms with Crippen LogP contribution < -0.4 is 15.1 Å². The number of anilines is 2. The summed E-state index contributed by atoms with van der Waals surface area (Å²) in [5.41, 5.74) is 0.169. The number of nitrogens with zero attached hydrogens (tertiary/aromatic N) is 2. The number of imide groups is 2. The first-order valence-electron chi connectivity index (χ1n) is 7.31. The molecule has 128 valence electrons. The molecular weight excluding hydrogens is 390 g/mol. The molecule has 0 aliphatic carbocycles. The molecule has 3 rings (SSSR count). The third-order valence-corrected chi connectivity index (χ3v) is 4.00. The lowest BCUT2D eigenvalue weighted by molar-refractivity contribution is -0.122. The second-order valence-corrected chi connectivity index (χ2v) is 6.42. The summed E-state index contributed by atoms with van der Waals surface area (Å²) in [6.45, 7) is 0. The number of furan rings is 1. The molecule has 25 heavy (non-hydrogen) atoms. The highest BCUT2D eigenvalue weighted by Gasteiger charge is 2.37. The van der Waals surface area contributed by atoms with Crippen LogP contribution in [0.25, 0.3) is 6.08 Å². The fourth-order valence-electron chi connectivity index (χ4n) is 2.31. The lowest BCUT2D eigenvalue weighted by Crippen LogP contribution is -2.54. The Hall–Kier alpha value is -2.87. The van der Waals surface area contributed by atoms with E-state index in [1.165, 1.54) is 6.08 Å². The van der Waals surface area contributed by atoms with E-state index in [1.807, 2.05) is 14.1 Å². The zero-order valence-electron chi connectivity index (χ0n) is 13.4. The molecule has 0 bridgehead atoms. The van der Waals surface area contributed by atoms with Gasteiger partial charge in [-0.25, -0.2) is 9.69 Å². The van der Waals surface area contributed by atoms with Gasteiger partial charge in [0.1, 0.15) is 11.3 Å². The zero-order valence-corrected chi connectivity index (χ0v) is 15.0. The fraction of sp³-hybridized carbons (Fsp3) is 0.118. The number of benzene rings is 1. The molecular formula is C17H14BrN3O4. The number of urea groups is 1. The summed E-state index contributed by atoms with van der Waals surface area (Å²) < 4.78 is 6.24. The van der Waals surface area contributed by atoms with Crippen LogP contribution in [0.5, 0.6) is 0 Å². The molecule has 2 heterocycles. The second kappa shape index (κ2) is 6.56. The summed E-state index contributed by atoms with van der Waals surface area (Å²) in [5, 5.41) is 2.17. The number of rotatable bonds is 3. The third kappa shape index (κ3) is 3.34. The van der Waals surface area contributed by atoms with Crippen molar-refractivity contribution in [1.82, 2.24) is 5.32 Å². The second-order valence-electron chi connectivity index (χ2n) is 5.51. The molecule has 1 aliphatic heterocycles. The first-order chi connectivity index (χ1) is 11.9. The van der Waals surface area contributed by atoms with E-state index in [9.17, 15) is 14.4 Å². The third-order valence-electron chi connectivity index (χ3n) is 3.51. The van der Waals surface area contributed by atoms with Gasteiger partial charge in [-0.2, -0.15) is 0 Å². The van der Waals surface area contributed by atoms with E-state index in [4.69, 9.17) is 4.42 Å². The van der Waals surface area contributed by atoms with Crippen molar-refractivity contribution in [1.29, 1.82) is 0 Å². The first-order valence-corrected chi connectivity index (χ1v) is 8.10. The summed E-state index contributed by atoms with van der Waals surface area (Å²) in [6.07, 6.45) is 1.32. The van der Waals surface area contributed by atoms with Crippen molar-refractivity contribution in [2.24, 2.45) is 0 Å². The van der Waals surface area contributed by atoms with Crippen molar-refractivity contribution in [2.45, 2.75) is 0 Å². The van der Waals surface area contributed by atoms with Gasteiger partial charge in [0.05, 0.1) is 5.69 Å². The average Bonchev–Trinajstić information content (AvgIpc) is 3.00. The molecule has 1 aromatic heterocycles. The zero-order chi connectivity index (χ0) is 18.1. The number of barbiturate groups is 1. The normalized spacial score (nSPS) is 16.4. The highest BCUT2D eigenvalue weighted by atomic mass is 79.9. The minimum Gasteiger partial charge on any atom is -0.441 e. The molecule has 7 nitrogen and oxygen atoms in total. The molecule has 0 unspecified atom stereocenters. The van der Waals surface area contributed by atoms with Gasteiger partial charge in [0.2, 0.25) is 0 Å². The number of nitrogens with one attached hydrogen (secondary N) is 1. The van der Waals surface area contributed by atoms with Crippen molar-refractivity contribution in [3.8, 4) is 0 Å². The summed E-state index contributed by atoms with van der Waals surface area (Å²) in [6, 6.07) is 9.24. The van der Waals surface area contributed by atoms with Crippen molar-refractivity contribution in [2.75, 3.05) is 23.9 Å². The Kier molecular flexibility index (Phi) is 4.45. The number of hydrogen-bond donors (Lipinski definition) is 1. The Morgan fingerprint density at radius 1 is 1.16 bits per heavy atom. The maximum absolute atomic E-state index is 12.7. The van der Waals surface area contributed by atoms with Gasteiger partial charge in [-0.3, -0.25) is 14.9 Å². The molecule has 0 saturated carbocycles. The molecule has 4 amide bonds. The maximum Gasteiger partial charge on any atom is 0.335 e. The van der Waals surface area contributed by atoms with Crippen LogP contribution in [0.15, 0.2) is 50.9 Å². The Morgan fingerprint density at radius 3 is 2.56 bits per heavy atom. The smallest absolute Gasteiger partial charge is 0.335 e. The van der Waals surface area contributed by atoms with Crippen molar-refractivity contribution in [3.63, 3.8) is 0 Å². The minimum absolute atomic E-state index is 0.181. The largest absolute Gasteiger partial charge is 0.441 e. The highest BCUT2D eigenvalue weighted by molar-refractivity contribution is 9.10. The van der Waals surface area contributed by atoms with Crippen LogP contribution >= 0.6 is 15.9 Å². The van der Waals surface area contributed by atoms with Crippen LogP contribution in [0.4, 0.5) is 16.4 Å². The summed E-state index contributed by atoms with van der Waals surface area (Å²) in [5.74, 6) is -0.556. The van der Waals surface area contributed by atoms with Crippen LogP contribution in [0.1, 0.15) is 5.76 Å². The molecule has 2 aromatic rings. The van der Waals surface area contributed by atoms with Gasteiger partial charge in [-0.15, -0.1) is 0 Å². The number of amides is 4. The lowest BCUT2D eigenvalue weighted by atomic mass is 10.1. The lowest BCUT2D eigenvalue weighted by Gasteiger charge is -2.26. The van der Waals surface area contributed by atoms with E-state index < -0.39 is 17.8 Å². The Morgan fingerprint density at radius 2 is 1.92 bits per heavy atom. The predicted octanol–water partition coefficient (Wildman–Crippen LogP) is 2.77. The molecule has 0 radical (unpaired) electrons. The van der Waals surface area contributed by atoms with Crippen LogP contribution in [0, 0.1) is 0 Å². The number of halogens is 1. The quantitative estimate of drug-likeness (QED) is 0.629. The summed E-state index contributed by atoms with van der Waals surface area (Å²) in [7, 11) is 3.61. The Bertz CT molecular complexity index is 901. The van der Waals surface area contributed by atoms with E-state index in [-0.39, 0.29) is 5.57 Å². The molecule has 0 atom stereocenters. The molecule has 1 fully saturated rings. The van der Waals surface area contributed by atoms with Gasteiger partial charge in [-0.05, 0) is 30.3 Å². The van der Waals surface area contributed by atoms with Gasteiger partial charge >= 0.3 is 6.03 Å². The van der Waals surface area contributed by atoms with Gasteiger partial charge in [0.25, 0.3) is 11.8 Å². The first kappa shape index (κ1) is 17.0. The monoisotopic (exact) mass is 403 g/mol. The average molecular weight is 404 g/mol. The van der Waals surface area contributed by atoms with Gasteiger partial charge < -0.3 is 9.32 Å². The maximum atomic E-state index is 12.7. The van der Waals surface area contributed by atoms with Crippen molar-refractivity contribution in [3.05, 3.63) is 52.2 Å². The molecule has 1 aromatic carbocycles. The predicted molar refractivity (Wildman–Crippen MR) is 96.2 cm³/mol. The SMILES string of the molecule is CN(C)c1ccc(C=C2C(=O)NC(=O)N(c3cccc(Br)c3)C2=O)o1. The minimum atomic E-state index is -0.793. The van der Waals surface area contributed by atoms with E-state index in [0.29, 0.717) is 21.8 Å². The van der Waals surface area contributed by atoms with Crippen LogP contribution in [0.3, 0.4) is 0 Å². The summed E-state index contributed by atoms with van der Waals surface area (Å²) >= 11 is 3.29. The number of hydrogen-bond acceptors (Lipinski definition) is 5. The highest BCUT2D eigenvalue weighted by Crippen LogP contribution is 2.25. The van der Waals surface area contributed by atoms with E-state index in [0.717, 1.165) is 4.90 Å². The molecule has 8 heteroatoms. The Labute approximate surface area is 152 Å². The molecule has 1 N–H and O–H groups in total. The van der Waals surface area contributed by atoms with E-state index >= 15 is 0 Å². The van der Waals surface area contributed by atoms with Crippen LogP contribution in [-0.2, 0) is 9.59 Å². The van der Waals surface area contributed by atoms with Crippen molar-refractivity contribution >= 4 is 51.4 Å².